The van der Waals surface area contributed by atoms with Crippen LogP contribution in [-0.2, 0) is 27.8 Å². The van der Waals surface area contributed by atoms with Crippen LogP contribution in [0.3, 0.4) is 0 Å². The van der Waals surface area contributed by atoms with E-state index >= 15 is 0 Å². The molecule has 2 amide bonds. The highest BCUT2D eigenvalue weighted by Gasteiger charge is 2.32. The number of thiazole rings is 1. The van der Waals surface area contributed by atoms with Crippen LogP contribution in [0.2, 0.25) is 0 Å². The molecule has 0 radical (unpaired) electrons. The standard InChI is InChI=1S/C16H20N6O3S/c1-20-15(17-10-18-20)12-8-25-6-5-21(12)14(24)7-11-9-26-16(19-11)22-4-2-3-13(22)23/h9-10,12H,2-8H2,1H3. The van der Waals surface area contributed by atoms with Gasteiger partial charge >= 0.3 is 0 Å². The molecular formula is C16H20N6O3S. The fraction of sp³-hybridized carbons (Fsp3) is 0.562. The fourth-order valence-corrected chi connectivity index (χ4v) is 4.20. The molecule has 2 aromatic heterocycles. The number of carbonyl (C=O) groups is 2. The van der Waals surface area contributed by atoms with E-state index in [1.165, 1.54) is 17.7 Å². The number of aryl methyl sites for hydroxylation is 1. The Hall–Kier alpha value is -2.33. The predicted octanol–water partition coefficient (Wildman–Crippen LogP) is 0.541. The number of hydrogen-bond donors (Lipinski definition) is 0. The van der Waals surface area contributed by atoms with Gasteiger partial charge in [-0.2, -0.15) is 5.10 Å². The van der Waals surface area contributed by atoms with Crippen molar-refractivity contribution in [3.05, 3.63) is 23.2 Å². The van der Waals surface area contributed by atoms with Crippen molar-refractivity contribution in [3.63, 3.8) is 0 Å². The maximum atomic E-state index is 12.9. The van der Waals surface area contributed by atoms with Crippen LogP contribution >= 0.6 is 11.3 Å². The third-order valence-electron chi connectivity index (χ3n) is 4.67. The summed E-state index contributed by atoms with van der Waals surface area (Å²) < 4.78 is 7.21. The molecule has 0 aliphatic carbocycles. The first-order valence-corrected chi connectivity index (χ1v) is 9.47. The number of anilines is 1. The number of rotatable bonds is 4. The summed E-state index contributed by atoms with van der Waals surface area (Å²) in [5.41, 5.74) is 0.693. The fourth-order valence-electron chi connectivity index (χ4n) is 3.33. The first kappa shape index (κ1) is 17.1. The van der Waals surface area contributed by atoms with E-state index in [-0.39, 0.29) is 24.3 Å². The summed E-state index contributed by atoms with van der Waals surface area (Å²) >= 11 is 1.41. The number of morpholine rings is 1. The molecule has 2 saturated heterocycles. The number of ether oxygens (including phenoxy) is 1. The summed E-state index contributed by atoms with van der Waals surface area (Å²) in [6.07, 6.45) is 3.11. The summed E-state index contributed by atoms with van der Waals surface area (Å²) in [5, 5.41) is 6.63. The first-order chi connectivity index (χ1) is 12.6. The zero-order chi connectivity index (χ0) is 18.1. The molecule has 2 fully saturated rings. The number of carbonyl (C=O) groups excluding carboxylic acids is 2. The van der Waals surface area contributed by atoms with E-state index in [4.69, 9.17) is 4.74 Å². The van der Waals surface area contributed by atoms with Crippen LogP contribution in [0.4, 0.5) is 5.13 Å². The highest BCUT2D eigenvalue weighted by atomic mass is 32.1. The Bertz CT molecular complexity index is 819. The summed E-state index contributed by atoms with van der Waals surface area (Å²) in [5.74, 6) is 0.790. The third kappa shape index (κ3) is 3.21. The molecule has 1 atom stereocenters. The second-order valence-corrected chi connectivity index (χ2v) is 7.20. The van der Waals surface area contributed by atoms with E-state index in [1.54, 1.807) is 21.5 Å². The summed E-state index contributed by atoms with van der Waals surface area (Å²) in [7, 11) is 1.80. The van der Waals surface area contributed by atoms with Gasteiger partial charge in [0.05, 0.1) is 25.3 Å². The molecule has 2 aliphatic heterocycles. The number of aromatic nitrogens is 4. The van der Waals surface area contributed by atoms with Crippen LogP contribution in [-0.4, -0.2) is 62.8 Å². The lowest BCUT2D eigenvalue weighted by atomic mass is 10.2. The largest absolute Gasteiger partial charge is 0.377 e. The molecule has 2 aliphatic rings. The number of amides is 2. The molecule has 1 unspecified atom stereocenters. The number of hydrogen-bond acceptors (Lipinski definition) is 7. The van der Waals surface area contributed by atoms with Crippen LogP contribution in [0.5, 0.6) is 0 Å². The zero-order valence-electron chi connectivity index (χ0n) is 14.5. The highest BCUT2D eigenvalue weighted by Crippen LogP contribution is 2.27. The molecule has 26 heavy (non-hydrogen) atoms. The smallest absolute Gasteiger partial charge is 0.229 e. The molecule has 10 heteroatoms. The van der Waals surface area contributed by atoms with Crippen molar-refractivity contribution >= 4 is 28.3 Å². The Labute approximate surface area is 154 Å². The second-order valence-electron chi connectivity index (χ2n) is 6.37. The van der Waals surface area contributed by atoms with Gasteiger partial charge in [0.15, 0.2) is 11.0 Å². The van der Waals surface area contributed by atoms with Crippen LogP contribution < -0.4 is 4.90 Å². The zero-order valence-corrected chi connectivity index (χ0v) is 15.3. The topological polar surface area (TPSA) is 93.5 Å². The van der Waals surface area contributed by atoms with E-state index in [2.05, 4.69) is 15.1 Å². The quantitative estimate of drug-likeness (QED) is 0.773. The normalized spacial score (nSPS) is 20.8. The van der Waals surface area contributed by atoms with E-state index < -0.39 is 0 Å². The lowest BCUT2D eigenvalue weighted by molar-refractivity contribution is -0.140. The van der Waals surface area contributed by atoms with E-state index in [1.807, 2.05) is 5.38 Å². The molecule has 4 rings (SSSR count). The van der Waals surface area contributed by atoms with Gasteiger partial charge in [-0.15, -0.1) is 11.3 Å². The molecule has 0 saturated carbocycles. The maximum absolute atomic E-state index is 12.9. The Morgan fingerprint density at radius 2 is 2.31 bits per heavy atom. The Kier molecular flexibility index (Phi) is 4.68. The second kappa shape index (κ2) is 7.12. The van der Waals surface area contributed by atoms with Crippen LogP contribution in [0.1, 0.15) is 30.4 Å². The average Bonchev–Trinajstić information content (AvgIpc) is 3.36. The minimum absolute atomic E-state index is 0.0223. The molecular weight excluding hydrogens is 356 g/mol. The monoisotopic (exact) mass is 376 g/mol. The van der Waals surface area contributed by atoms with Gasteiger partial charge in [0.1, 0.15) is 12.4 Å². The molecule has 9 nitrogen and oxygen atoms in total. The van der Waals surface area contributed by atoms with Crippen LogP contribution in [0, 0.1) is 0 Å². The molecule has 0 N–H and O–H groups in total. The van der Waals surface area contributed by atoms with Gasteiger partial charge in [0, 0.05) is 31.9 Å². The molecule has 0 aromatic carbocycles. The maximum Gasteiger partial charge on any atom is 0.229 e. The van der Waals surface area contributed by atoms with Crippen molar-refractivity contribution in [1.29, 1.82) is 0 Å². The molecule has 138 valence electrons. The molecule has 0 bridgehead atoms. The minimum Gasteiger partial charge on any atom is -0.377 e. The van der Waals surface area contributed by atoms with Crippen molar-refractivity contribution in [2.45, 2.75) is 25.3 Å². The van der Waals surface area contributed by atoms with Gasteiger partial charge in [-0.3, -0.25) is 19.2 Å². The third-order valence-corrected chi connectivity index (χ3v) is 5.58. The van der Waals surface area contributed by atoms with Crippen molar-refractivity contribution in [1.82, 2.24) is 24.6 Å². The van der Waals surface area contributed by atoms with Crippen LogP contribution in [0.25, 0.3) is 0 Å². The van der Waals surface area contributed by atoms with E-state index in [0.717, 1.165) is 6.42 Å². The summed E-state index contributed by atoms with van der Waals surface area (Å²) in [6.45, 7) is 2.13. The minimum atomic E-state index is -0.248. The van der Waals surface area contributed by atoms with Gasteiger partial charge in [0.2, 0.25) is 11.8 Å². The van der Waals surface area contributed by atoms with Crippen molar-refractivity contribution in [3.8, 4) is 0 Å². The van der Waals surface area contributed by atoms with E-state index in [0.29, 0.717) is 49.4 Å². The molecule has 2 aromatic rings. The SMILES string of the molecule is Cn1ncnc1C1COCCN1C(=O)Cc1csc(N2CCCC2=O)n1. The van der Waals surface area contributed by atoms with Gasteiger partial charge in [-0.25, -0.2) is 9.97 Å². The van der Waals surface area contributed by atoms with Crippen molar-refractivity contribution in [2.24, 2.45) is 7.05 Å². The molecule has 0 spiro atoms. The highest BCUT2D eigenvalue weighted by molar-refractivity contribution is 7.14. The van der Waals surface area contributed by atoms with Gasteiger partial charge < -0.3 is 9.64 Å². The Morgan fingerprint density at radius 1 is 1.42 bits per heavy atom. The molecule has 4 heterocycles. The average molecular weight is 376 g/mol. The van der Waals surface area contributed by atoms with Crippen LogP contribution in [0.15, 0.2) is 11.7 Å². The number of nitrogens with zero attached hydrogens (tertiary/aromatic N) is 6. The predicted molar refractivity (Wildman–Crippen MR) is 93.7 cm³/mol. The van der Waals surface area contributed by atoms with Gasteiger partial charge in [-0.05, 0) is 6.42 Å². The van der Waals surface area contributed by atoms with Gasteiger partial charge in [0.25, 0.3) is 0 Å². The van der Waals surface area contributed by atoms with Crippen molar-refractivity contribution in [2.75, 3.05) is 31.2 Å². The van der Waals surface area contributed by atoms with Gasteiger partial charge in [-0.1, -0.05) is 0 Å². The van der Waals surface area contributed by atoms with E-state index in [9.17, 15) is 9.59 Å². The Morgan fingerprint density at radius 3 is 3.04 bits per heavy atom. The van der Waals surface area contributed by atoms with Crippen molar-refractivity contribution < 1.29 is 14.3 Å². The first-order valence-electron chi connectivity index (χ1n) is 8.59. The lowest BCUT2D eigenvalue weighted by Crippen LogP contribution is -2.45. The summed E-state index contributed by atoms with van der Waals surface area (Å²) in [6, 6.07) is -0.248. The Balaban J connectivity index is 1.47. The lowest BCUT2D eigenvalue weighted by Gasteiger charge is -2.34. The summed E-state index contributed by atoms with van der Waals surface area (Å²) in [4.78, 5) is 37.0.